The van der Waals surface area contributed by atoms with Crippen LogP contribution in [0.25, 0.3) is 0 Å². The smallest absolute Gasteiger partial charge is 0.231 e. The van der Waals surface area contributed by atoms with E-state index in [9.17, 15) is 0 Å². The van der Waals surface area contributed by atoms with Crippen LogP contribution in [-0.2, 0) is 11.3 Å². The molecule has 0 amide bonds. The standard InChI is InChI=1S/C16H23N3O3.HI/c1-3-17-15(19-8-16(2)9-20-10-16)18-7-12-4-5-13-14(6-12)22-11-21-13;/h4-6H,3,7-11H2,1-2H3,(H2,17,18,19);1H. The maximum Gasteiger partial charge on any atom is 0.231 e. The normalized spacial score (nSPS) is 17.9. The fourth-order valence-corrected chi connectivity index (χ4v) is 2.40. The van der Waals surface area contributed by atoms with Crippen LogP contribution in [0.3, 0.4) is 0 Å². The lowest BCUT2D eigenvalue weighted by Crippen LogP contribution is -2.51. The molecule has 0 radical (unpaired) electrons. The summed E-state index contributed by atoms with van der Waals surface area (Å²) in [5, 5.41) is 6.66. The van der Waals surface area contributed by atoms with E-state index in [1.54, 1.807) is 0 Å². The van der Waals surface area contributed by atoms with Gasteiger partial charge < -0.3 is 24.8 Å². The maximum atomic E-state index is 5.39. The molecule has 0 spiro atoms. The molecular weight excluding hydrogens is 409 g/mol. The van der Waals surface area contributed by atoms with Crippen LogP contribution in [0, 0.1) is 5.41 Å². The van der Waals surface area contributed by atoms with E-state index in [1.165, 1.54) is 0 Å². The zero-order chi connectivity index (χ0) is 15.4. The maximum absolute atomic E-state index is 5.39. The Morgan fingerprint density at radius 3 is 2.70 bits per heavy atom. The van der Waals surface area contributed by atoms with Crippen molar-refractivity contribution in [3.8, 4) is 11.5 Å². The summed E-state index contributed by atoms with van der Waals surface area (Å²) < 4.78 is 16.0. The van der Waals surface area contributed by atoms with E-state index < -0.39 is 0 Å². The van der Waals surface area contributed by atoms with Gasteiger partial charge in [0, 0.05) is 18.5 Å². The van der Waals surface area contributed by atoms with Crippen LogP contribution < -0.4 is 20.1 Å². The number of hydrogen-bond acceptors (Lipinski definition) is 4. The van der Waals surface area contributed by atoms with E-state index in [1.807, 2.05) is 18.2 Å². The molecule has 1 saturated heterocycles. The van der Waals surface area contributed by atoms with Gasteiger partial charge in [-0.3, -0.25) is 0 Å². The molecule has 2 heterocycles. The van der Waals surface area contributed by atoms with E-state index in [-0.39, 0.29) is 29.4 Å². The van der Waals surface area contributed by atoms with Crippen LogP contribution in [0.4, 0.5) is 0 Å². The third-order valence-electron chi connectivity index (χ3n) is 3.78. The van der Waals surface area contributed by atoms with Gasteiger partial charge in [-0.1, -0.05) is 13.0 Å². The molecule has 0 atom stereocenters. The third kappa shape index (κ3) is 4.63. The Balaban J connectivity index is 0.00000192. The number of fused-ring (bicyclic) bond motifs is 1. The minimum absolute atomic E-state index is 0. The van der Waals surface area contributed by atoms with Crippen molar-refractivity contribution < 1.29 is 14.2 Å². The lowest BCUT2D eigenvalue weighted by atomic mass is 9.89. The van der Waals surface area contributed by atoms with Gasteiger partial charge in [0.1, 0.15) is 0 Å². The van der Waals surface area contributed by atoms with Crippen molar-refractivity contribution >= 4 is 29.9 Å². The van der Waals surface area contributed by atoms with E-state index in [2.05, 4.69) is 29.5 Å². The monoisotopic (exact) mass is 433 g/mol. The number of rotatable bonds is 5. The number of nitrogens with zero attached hydrogens (tertiary/aromatic N) is 1. The molecule has 1 aromatic carbocycles. The van der Waals surface area contributed by atoms with Gasteiger partial charge in [0.15, 0.2) is 17.5 Å². The molecule has 2 N–H and O–H groups in total. The largest absolute Gasteiger partial charge is 0.454 e. The summed E-state index contributed by atoms with van der Waals surface area (Å²) in [6.07, 6.45) is 0. The Morgan fingerprint density at radius 1 is 1.22 bits per heavy atom. The molecule has 6 nitrogen and oxygen atoms in total. The van der Waals surface area contributed by atoms with Crippen LogP contribution >= 0.6 is 24.0 Å². The van der Waals surface area contributed by atoms with Gasteiger partial charge in [0.2, 0.25) is 6.79 Å². The molecular formula is C16H24IN3O3. The molecule has 23 heavy (non-hydrogen) atoms. The lowest BCUT2D eigenvalue weighted by Gasteiger charge is -2.38. The van der Waals surface area contributed by atoms with Crippen LogP contribution in [0.2, 0.25) is 0 Å². The van der Waals surface area contributed by atoms with Crippen molar-refractivity contribution in [1.82, 2.24) is 10.6 Å². The first-order chi connectivity index (χ1) is 10.7. The third-order valence-corrected chi connectivity index (χ3v) is 3.78. The predicted molar refractivity (Wildman–Crippen MR) is 99.7 cm³/mol. The van der Waals surface area contributed by atoms with Crippen LogP contribution in [0.15, 0.2) is 23.2 Å². The van der Waals surface area contributed by atoms with Gasteiger partial charge in [-0.25, -0.2) is 4.99 Å². The quantitative estimate of drug-likeness (QED) is 0.423. The molecule has 2 aliphatic heterocycles. The summed E-state index contributed by atoms with van der Waals surface area (Å²) in [5.41, 5.74) is 1.31. The highest BCUT2D eigenvalue weighted by atomic mass is 127. The Labute approximate surface area is 154 Å². The Kier molecular flexibility index (Phi) is 6.34. The average molecular weight is 433 g/mol. The lowest BCUT2D eigenvalue weighted by molar-refractivity contribution is -0.0971. The number of aliphatic imine (C=N–C) groups is 1. The molecule has 1 aromatic rings. The Bertz CT molecular complexity index is 562. The fraction of sp³-hybridized carbons (Fsp3) is 0.562. The highest BCUT2D eigenvalue weighted by molar-refractivity contribution is 14.0. The highest BCUT2D eigenvalue weighted by Crippen LogP contribution is 2.32. The van der Waals surface area contributed by atoms with Gasteiger partial charge in [-0.15, -0.1) is 24.0 Å². The van der Waals surface area contributed by atoms with E-state index >= 15 is 0 Å². The number of nitrogens with one attached hydrogen (secondary N) is 2. The van der Waals surface area contributed by atoms with E-state index in [4.69, 9.17) is 14.2 Å². The predicted octanol–water partition coefficient (Wildman–Crippen LogP) is 2.12. The molecule has 0 unspecified atom stereocenters. The molecule has 7 heteroatoms. The second kappa shape index (κ2) is 8.05. The van der Waals surface area contributed by atoms with Crippen LogP contribution in [0.5, 0.6) is 11.5 Å². The number of hydrogen-bond donors (Lipinski definition) is 2. The second-order valence-electron chi connectivity index (χ2n) is 6.04. The molecule has 2 aliphatic rings. The number of halogens is 1. The Morgan fingerprint density at radius 2 is 2.00 bits per heavy atom. The van der Waals surface area contributed by atoms with Gasteiger partial charge in [-0.2, -0.15) is 0 Å². The van der Waals surface area contributed by atoms with E-state index in [0.717, 1.165) is 49.3 Å². The van der Waals surface area contributed by atoms with Gasteiger partial charge in [0.25, 0.3) is 0 Å². The molecule has 0 bridgehead atoms. The molecule has 0 aromatic heterocycles. The summed E-state index contributed by atoms with van der Waals surface area (Å²) >= 11 is 0. The van der Waals surface area contributed by atoms with Crippen molar-refractivity contribution in [2.24, 2.45) is 10.4 Å². The number of ether oxygens (including phenoxy) is 3. The van der Waals surface area contributed by atoms with Gasteiger partial charge in [-0.05, 0) is 24.6 Å². The zero-order valence-corrected chi connectivity index (χ0v) is 15.9. The van der Waals surface area contributed by atoms with Crippen molar-refractivity contribution in [2.45, 2.75) is 20.4 Å². The van der Waals surface area contributed by atoms with Crippen LogP contribution in [-0.4, -0.2) is 39.1 Å². The molecule has 0 aliphatic carbocycles. The van der Waals surface area contributed by atoms with Gasteiger partial charge >= 0.3 is 0 Å². The summed E-state index contributed by atoms with van der Waals surface area (Å²) in [6.45, 7) is 8.48. The molecule has 3 rings (SSSR count). The van der Waals surface area contributed by atoms with E-state index in [0.29, 0.717) is 13.3 Å². The first kappa shape index (κ1) is 18.1. The van der Waals surface area contributed by atoms with Crippen molar-refractivity contribution in [2.75, 3.05) is 33.1 Å². The minimum Gasteiger partial charge on any atom is -0.454 e. The fourth-order valence-electron chi connectivity index (χ4n) is 2.40. The zero-order valence-electron chi connectivity index (χ0n) is 13.6. The molecule has 1 fully saturated rings. The number of guanidine groups is 1. The van der Waals surface area contributed by atoms with Crippen molar-refractivity contribution in [3.63, 3.8) is 0 Å². The average Bonchev–Trinajstić information content (AvgIpc) is 2.95. The highest BCUT2D eigenvalue weighted by Gasteiger charge is 2.33. The second-order valence-corrected chi connectivity index (χ2v) is 6.04. The topological polar surface area (TPSA) is 64.1 Å². The summed E-state index contributed by atoms with van der Waals surface area (Å²) in [5.74, 6) is 2.42. The first-order valence-corrected chi connectivity index (χ1v) is 7.67. The Hall–Kier alpha value is -1.22. The summed E-state index contributed by atoms with van der Waals surface area (Å²) in [6, 6.07) is 5.93. The first-order valence-electron chi connectivity index (χ1n) is 7.67. The SMILES string of the molecule is CCNC(=NCc1ccc2c(c1)OCO2)NCC1(C)COC1.I. The van der Waals surface area contributed by atoms with Crippen molar-refractivity contribution in [3.05, 3.63) is 23.8 Å². The minimum atomic E-state index is 0. The summed E-state index contributed by atoms with van der Waals surface area (Å²) in [4.78, 5) is 4.63. The van der Waals surface area contributed by atoms with Crippen LogP contribution in [0.1, 0.15) is 19.4 Å². The molecule has 0 saturated carbocycles. The van der Waals surface area contributed by atoms with Gasteiger partial charge in [0.05, 0.1) is 19.8 Å². The number of benzene rings is 1. The van der Waals surface area contributed by atoms with Crippen molar-refractivity contribution in [1.29, 1.82) is 0 Å². The molecule has 128 valence electrons. The summed E-state index contributed by atoms with van der Waals surface area (Å²) in [7, 11) is 0.